The van der Waals surface area contributed by atoms with Gasteiger partial charge >= 0.3 is 0 Å². The third-order valence-corrected chi connectivity index (χ3v) is 4.45. The largest absolute Gasteiger partial charge is 0.486 e. The number of halogens is 1. The Morgan fingerprint density at radius 1 is 1.32 bits per heavy atom. The number of hydrogen-bond acceptors (Lipinski definition) is 6. The molecule has 6 nitrogen and oxygen atoms in total. The van der Waals surface area contributed by atoms with Crippen LogP contribution in [0, 0.1) is 0 Å². The minimum Gasteiger partial charge on any atom is -0.486 e. The SMILES string of the molecule is Cn1nnnc1SCc1cc2c(cc1Br)OCCO2. The third kappa shape index (κ3) is 2.69. The van der Waals surface area contributed by atoms with Crippen LogP contribution in [0.4, 0.5) is 0 Å². The first-order chi connectivity index (χ1) is 9.24. The van der Waals surface area contributed by atoms with Gasteiger partial charge in [-0.2, -0.15) is 0 Å². The second kappa shape index (κ2) is 5.38. The maximum Gasteiger partial charge on any atom is 0.209 e. The second-order valence-electron chi connectivity index (χ2n) is 3.96. The molecule has 0 amide bonds. The van der Waals surface area contributed by atoms with E-state index in [1.807, 2.05) is 19.2 Å². The number of hydrogen-bond donors (Lipinski definition) is 0. The van der Waals surface area contributed by atoms with Crippen molar-refractivity contribution < 1.29 is 9.47 Å². The van der Waals surface area contributed by atoms with Crippen molar-refractivity contribution in [3.63, 3.8) is 0 Å². The standard InChI is InChI=1S/C11H11BrN4O2S/c1-16-11(13-14-15-16)19-6-7-4-9-10(5-8(7)12)18-3-2-17-9/h4-5H,2-3,6H2,1H3. The zero-order chi connectivity index (χ0) is 13.2. The molecule has 0 N–H and O–H groups in total. The second-order valence-corrected chi connectivity index (χ2v) is 5.76. The van der Waals surface area contributed by atoms with Crippen molar-refractivity contribution in [2.75, 3.05) is 13.2 Å². The van der Waals surface area contributed by atoms with Crippen molar-refractivity contribution in [3.8, 4) is 11.5 Å². The molecule has 100 valence electrons. The smallest absolute Gasteiger partial charge is 0.209 e. The monoisotopic (exact) mass is 342 g/mol. The number of aryl methyl sites for hydroxylation is 1. The summed E-state index contributed by atoms with van der Waals surface area (Å²) >= 11 is 5.12. The van der Waals surface area contributed by atoms with Crippen LogP contribution in [0.15, 0.2) is 21.8 Å². The van der Waals surface area contributed by atoms with Crippen molar-refractivity contribution in [2.45, 2.75) is 10.9 Å². The van der Waals surface area contributed by atoms with E-state index in [4.69, 9.17) is 9.47 Å². The van der Waals surface area contributed by atoms with E-state index in [-0.39, 0.29) is 0 Å². The van der Waals surface area contributed by atoms with Crippen LogP contribution in [-0.4, -0.2) is 33.4 Å². The fourth-order valence-corrected chi connectivity index (χ4v) is 3.19. The summed E-state index contributed by atoms with van der Waals surface area (Å²) in [5, 5.41) is 12.1. The van der Waals surface area contributed by atoms with E-state index >= 15 is 0 Å². The van der Waals surface area contributed by atoms with Crippen LogP contribution < -0.4 is 9.47 Å². The van der Waals surface area contributed by atoms with Crippen LogP contribution in [0.2, 0.25) is 0 Å². The molecule has 2 aromatic rings. The number of tetrazole rings is 1. The van der Waals surface area contributed by atoms with Gasteiger partial charge in [0.15, 0.2) is 11.5 Å². The molecule has 1 aliphatic rings. The molecule has 0 saturated heterocycles. The van der Waals surface area contributed by atoms with Gasteiger partial charge < -0.3 is 9.47 Å². The number of rotatable bonds is 3. The summed E-state index contributed by atoms with van der Waals surface area (Å²) in [6.45, 7) is 1.19. The zero-order valence-corrected chi connectivity index (χ0v) is 12.6. The molecule has 0 bridgehead atoms. The van der Waals surface area contributed by atoms with Gasteiger partial charge in [0, 0.05) is 17.3 Å². The van der Waals surface area contributed by atoms with E-state index in [2.05, 4.69) is 31.5 Å². The van der Waals surface area contributed by atoms with Gasteiger partial charge in [-0.1, -0.05) is 27.7 Å². The summed E-state index contributed by atoms with van der Waals surface area (Å²) in [6, 6.07) is 3.94. The lowest BCUT2D eigenvalue weighted by Gasteiger charge is -2.19. The van der Waals surface area contributed by atoms with Gasteiger partial charge in [-0.25, -0.2) is 4.68 Å². The fraction of sp³-hybridized carbons (Fsp3) is 0.364. The lowest BCUT2D eigenvalue weighted by molar-refractivity contribution is 0.171. The first kappa shape index (κ1) is 12.7. The molecule has 0 saturated carbocycles. The molecule has 0 spiro atoms. The van der Waals surface area contributed by atoms with Crippen molar-refractivity contribution >= 4 is 27.7 Å². The molecule has 0 unspecified atom stereocenters. The van der Waals surface area contributed by atoms with E-state index in [0.29, 0.717) is 13.2 Å². The molecular weight excluding hydrogens is 332 g/mol. The number of fused-ring (bicyclic) bond motifs is 1. The molecule has 0 radical (unpaired) electrons. The van der Waals surface area contributed by atoms with Crippen LogP contribution in [0.5, 0.6) is 11.5 Å². The van der Waals surface area contributed by atoms with Gasteiger partial charge in [-0.15, -0.1) is 5.10 Å². The Bertz CT molecular complexity index is 604. The highest BCUT2D eigenvalue weighted by Crippen LogP contribution is 2.37. The highest BCUT2D eigenvalue weighted by Gasteiger charge is 2.15. The lowest BCUT2D eigenvalue weighted by Crippen LogP contribution is -2.15. The topological polar surface area (TPSA) is 62.1 Å². The van der Waals surface area contributed by atoms with Gasteiger partial charge in [0.2, 0.25) is 5.16 Å². The molecule has 0 fully saturated rings. The van der Waals surface area contributed by atoms with Crippen LogP contribution in [0.1, 0.15) is 5.56 Å². The minimum atomic E-state index is 0.592. The van der Waals surface area contributed by atoms with E-state index in [1.165, 1.54) is 0 Å². The highest BCUT2D eigenvalue weighted by molar-refractivity contribution is 9.10. The minimum absolute atomic E-state index is 0.592. The van der Waals surface area contributed by atoms with Gasteiger partial charge in [0.1, 0.15) is 13.2 Å². The number of nitrogens with zero attached hydrogens (tertiary/aromatic N) is 4. The summed E-state index contributed by atoms with van der Waals surface area (Å²) in [7, 11) is 1.82. The third-order valence-electron chi connectivity index (χ3n) is 2.65. The van der Waals surface area contributed by atoms with Gasteiger partial charge in [-0.05, 0) is 28.1 Å². The number of thioether (sulfide) groups is 1. The Morgan fingerprint density at radius 3 is 2.74 bits per heavy atom. The molecule has 8 heteroatoms. The Morgan fingerprint density at radius 2 is 2.05 bits per heavy atom. The predicted molar refractivity (Wildman–Crippen MR) is 73.5 cm³/mol. The number of aromatic nitrogens is 4. The van der Waals surface area contributed by atoms with E-state index < -0.39 is 0 Å². The molecule has 2 heterocycles. The Hall–Kier alpha value is -1.28. The summed E-state index contributed by atoms with van der Waals surface area (Å²) < 4.78 is 13.8. The van der Waals surface area contributed by atoms with Gasteiger partial charge in [0.05, 0.1) is 0 Å². The van der Waals surface area contributed by atoms with E-state index in [1.54, 1.807) is 16.4 Å². The van der Waals surface area contributed by atoms with Crippen LogP contribution in [0.25, 0.3) is 0 Å². The molecule has 1 aromatic heterocycles. The Kier molecular flexibility index (Phi) is 3.61. The molecule has 1 aromatic carbocycles. The van der Waals surface area contributed by atoms with Crippen LogP contribution >= 0.6 is 27.7 Å². The summed E-state index contributed by atoms with van der Waals surface area (Å²) in [6.07, 6.45) is 0. The molecule has 3 rings (SSSR count). The van der Waals surface area contributed by atoms with Crippen LogP contribution in [0.3, 0.4) is 0 Å². The first-order valence-electron chi connectivity index (χ1n) is 5.67. The van der Waals surface area contributed by atoms with Gasteiger partial charge in [-0.3, -0.25) is 0 Å². The van der Waals surface area contributed by atoms with E-state index in [9.17, 15) is 0 Å². The molecular formula is C11H11BrN4O2S. The summed E-state index contributed by atoms with van der Waals surface area (Å²) in [5.74, 6) is 2.33. The highest BCUT2D eigenvalue weighted by atomic mass is 79.9. The normalized spacial score (nSPS) is 13.6. The summed E-state index contributed by atoms with van der Waals surface area (Å²) in [4.78, 5) is 0. The van der Waals surface area contributed by atoms with Crippen molar-refractivity contribution in [1.29, 1.82) is 0 Å². The lowest BCUT2D eigenvalue weighted by atomic mass is 10.2. The Balaban J connectivity index is 1.79. The molecule has 19 heavy (non-hydrogen) atoms. The zero-order valence-electron chi connectivity index (χ0n) is 10.2. The number of ether oxygens (including phenoxy) is 2. The predicted octanol–water partition coefficient (Wildman–Crippen LogP) is 2.04. The summed E-state index contributed by atoms with van der Waals surface area (Å²) in [5.41, 5.74) is 1.12. The molecule has 0 atom stereocenters. The van der Waals surface area contributed by atoms with Crippen molar-refractivity contribution in [3.05, 3.63) is 22.2 Å². The Labute approximate surface area is 122 Å². The fourth-order valence-electron chi connectivity index (χ4n) is 1.70. The van der Waals surface area contributed by atoms with Crippen molar-refractivity contribution in [1.82, 2.24) is 20.2 Å². The first-order valence-corrected chi connectivity index (χ1v) is 7.45. The maximum absolute atomic E-state index is 5.58. The van der Waals surface area contributed by atoms with Gasteiger partial charge in [0.25, 0.3) is 0 Å². The van der Waals surface area contributed by atoms with Crippen LogP contribution in [-0.2, 0) is 12.8 Å². The van der Waals surface area contributed by atoms with Crippen molar-refractivity contribution in [2.24, 2.45) is 7.05 Å². The van der Waals surface area contributed by atoms with E-state index in [0.717, 1.165) is 32.4 Å². The maximum atomic E-state index is 5.58. The quantitative estimate of drug-likeness (QED) is 0.795. The number of benzene rings is 1. The molecule has 0 aliphatic carbocycles. The average molecular weight is 343 g/mol. The average Bonchev–Trinajstić information content (AvgIpc) is 2.82. The molecule has 1 aliphatic heterocycles.